The largest absolute Gasteiger partial charge is 0.390 e. The van der Waals surface area contributed by atoms with E-state index in [1.165, 1.54) is 5.56 Å². The highest BCUT2D eigenvalue weighted by atomic mass is 16.5. The number of piperidine rings is 1. The number of rotatable bonds is 4. The average molecular weight is 305 g/mol. The molecule has 2 saturated heterocycles. The van der Waals surface area contributed by atoms with Gasteiger partial charge in [-0.15, -0.1) is 6.58 Å². The maximum absolute atomic E-state index is 10.3. The molecule has 2 aliphatic rings. The third-order valence-electron chi connectivity index (χ3n) is 5.08. The molecule has 1 spiro atoms. The van der Waals surface area contributed by atoms with Gasteiger partial charge >= 0.3 is 0 Å². The highest BCUT2D eigenvalue weighted by Crippen LogP contribution is 2.35. The molecule has 0 aliphatic carbocycles. The number of aliphatic hydroxyl groups excluding tert-OH is 1. The van der Waals surface area contributed by atoms with Crippen LogP contribution in [0.5, 0.6) is 0 Å². The van der Waals surface area contributed by atoms with E-state index in [1.807, 2.05) is 10.8 Å². The van der Waals surface area contributed by atoms with Crippen LogP contribution in [-0.4, -0.2) is 51.2 Å². The van der Waals surface area contributed by atoms with Gasteiger partial charge in [0.25, 0.3) is 0 Å². The maximum Gasteiger partial charge on any atom is 0.0964 e. The summed E-state index contributed by atoms with van der Waals surface area (Å²) in [6.45, 7) is 10.2. The number of likely N-dealkylation sites (tertiary alicyclic amines) is 1. The number of ether oxygens (including phenoxy) is 1. The lowest BCUT2D eigenvalue weighted by Crippen LogP contribution is -2.55. The second-order valence-corrected chi connectivity index (χ2v) is 6.60. The summed E-state index contributed by atoms with van der Waals surface area (Å²) in [5.41, 5.74) is 2.09. The normalized spacial score (nSPS) is 25.5. The molecule has 3 rings (SSSR count). The van der Waals surface area contributed by atoms with Crippen LogP contribution in [-0.2, 0) is 17.8 Å². The quantitative estimate of drug-likeness (QED) is 0.863. The van der Waals surface area contributed by atoms with E-state index in [9.17, 15) is 5.11 Å². The van der Waals surface area contributed by atoms with Crippen molar-refractivity contribution in [3.63, 3.8) is 0 Å². The van der Waals surface area contributed by atoms with E-state index < -0.39 is 0 Å². The van der Waals surface area contributed by atoms with Crippen molar-refractivity contribution in [1.82, 2.24) is 14.7 Å². The number of allylic oxidation sites excluding steroid dienone is 1. The van der Waals surface area contributed by atoms with Crippen LogP contribution in [0.2, 0.25) is 0 Å². The molecule has 0 bridgehead atoms. The molecule has 1 unspecified atom stereocenters. The number of aromatic nitrogens is 2. The van der Waals surface area contributed by atoms with Crippen molar-refractivity contribution in [3.8, 4) is 0 Å². The van der Waals surface area contributed by atoms with Crippen LogP contribution in [0.1, 0.15) is 36.9 Å². The standard InChI is InChI=1S/C17H27N3O2/c1-3-8-20-13-15(14(2)18-20)12-19-9-6-17(7-10-19)16(21)5-4-11-22-17/h3,13,16,21H,1,4-12H2,2H3. The number of nitrogens with zero attached hydrogens (tertiary/aromatic N) is 3. The van der Waals surface area contributed by atoms with Crippen molar-refractivity contribution in [2.45, 2.75) is 57.4 Å². The first-order valence-corrected chi connectivity index (χ1v) is 8.31. The smallest absolute Gasteiger partial charge is 0.0964 e. The molecule has 22 heavy (non-hydrogen) atoms. The highest BCUT2D eigenvalue weighted by molar-refractivity contribution is 5.16. The topological polar surface area (TPSA) is 50.5 Å². The van der Waals surface area contributed by atoms with Gasteiger partial charge in [0.15, 0.2) is 0 Å². The summed E-state index contributed by atoms with van der Waals surface area (Å²) >= 11 is 0. The van der Waals surface area contributed by atoms with Gasteiger partial charge < -0.3 is 9.84 Å². The number of aliphatic hydroxyl groups is 1. The molecular weight excluding hydrogens is 278 g/mol. The summed E-state index contributed by atoms with van der Waals surface area (Å²) in [5.74, 6) is 0. The highest BCUT2D eigenvalue weighted by Gasteiger charge is 2.43. The van der Waals surface area contributed by atoms with Crippen molar-refractivity contribution in [1.29, 1.82) is 0 Å². The van der Waals surface area contributed by atoms with Gasteiger partial charge in [-0.3, -0.25) is 9.58 Å². The molecule has 0 aromatic carbocycles. The summed E-state index contributed by atoms with van der Waals surface area (Å²) in [6, 6.07) is 0. The molecule has 2 fully saturated rings. The molecule has 5 nitrogen and oxygen atoms in total. The van der Waals surface area contributed by atoms with E-state index in [2.05, 4.69) is 29.7 Å². The first kappa shape index (κ1) is 15.7. The van der Waals surface area contributed by atoms with Crippen LogP contribution in [0, 0.1) is 6.92 Å². The van der Waals surface area contributed by atoms with Gasteiger partial charge in [-0.25, -0.2) is 0 Å². The van der Waals surface area contributed by atoms with Gasteiger partial charge in [0, 0.05) is 38.0 Å². The van der Waals surface area contributed by atoms with Gasteiger partial charge in [0.1, 0.15) is 0 Å². The Morgan fingerprint density at radius 1 is 1.50 bits per heavy atom. The van der Waals surface area contributed by atoms with E-state index in [4.69, 9.17) is 4.74 Å². The average Bonchev–Trinajstić information content (AvgIpc) is 2.85. The van der Waals surface area contributed by atoms with Gasteiger partial charge in [-0.2, -0.15) is 5.10 Å². The Hall–Kier alpha value is -1.17. The Kier molecular flexibility index (Phi) is 4.66. The predicted molar refractivity (Wildman–Crippen MR) is 85.6 cm³/mol. The molecule has 0 radical (unpaired) electrons. The van der Waals surface area contributed by atoms with Crippen LogP contribution >= 0.6 is 0 Å². The molecule has 1 aromatic heterocycles. The third-order valence-corrected chi connectivity index (χ3v) is 5.08. The minimum Gasteiger partial charge on any atom is -0.390 e. The SMILES string of the molecule is C=CCn1cc(CN2CCC3(CC2)OCCCC3O)c(C)n1. The Morgan fingerprint density at radius 3 is 2.95 bits per heavy atom. The Bertz CT molecular complexity index is 518. The van der Waals surface area contributed by atoms with E-state index in [-0.39, 0.29) is 11.7 Å². The summed E-state index contributed by atoms with van der Waals surface area (Å²) in [4.78, 5) is 2.44. The van der Waals surface area contributed by atoms with Crippen molar-refractivity contribution in [2.75, 3.05) is 19.7 Å². The summed E-state index contributed by atoms with van der Waals surface area (Å²) in [5, 5.41) is 14.8. The molecule has 3 heterocycles. The van der Waals surface area contributed by atoms with Crippen LogP contribution in [0.25, 0.3) is 0 Å². The fourth-order valence-corrected chi connectivity index (χ4v) is 3.66. The minimum absolute atomic E-state index is 0.281. The van der Waals surface area contributed by atoms with Crippen molar-refractivity contribution in [2.24, 2.45) is 0 Å². The fourth-order valence-electron chi connectivity index (χ4n) is 3.66. The summed E-state index contributed by atoms with van der Waals surface area (Å²) in [6.07, 6.45) is 7.40. The predicted octanol–water partition coefficient (Wildman–Crippen LogP) is 1.88. The number of hydrogen-bond donors (Lipinski definition) is 1. The third kappa shape index (κ3) is 3.12. The summed E-state index contributed by atoms with van der Waals surface area (Å²) in [7, 11) is 0. The molecule has 1 N–H and O–H groups in total. The van der Waals surface area contributed by atoms with Crippen molar-refractivity contribution >= 4 is 0 Å². The first-order valence-electron chi connectivity index (χ1n) is 8.31. The van der Waals surface area contributed by atoms with Crippen LogP contribution < -0.4 is 0 Å². The van der Waals surface area contributed by atoms with Crippen LogP contribution in [0.4, 0.5) is 0 Å². The van der Waals surface area contributed by atoms with Gasteiger partial charge in [0.2, 0.25) is 0 Å². The zero-order valence-electron chi connectivity index (χ0n) is 13.5. The molecule has 0 saturated carbocycles. The second kappa shape index (κ2) is 6.52. The lowest BCUT2D eigenvalue weighted by atomic mass is 9.82. The molecule has 2 aliphatic heterocycles. The minimum atomic E-state index is -0.291. The van der Waals surface area contributed by atoms with Crippen molar-refractivity contribution < 1.29 is 9.84 Å². The van der Waals surface area contributed by atoms with Gasteiger partial charge in [-0.05, 0) is 32.6 Å². The van der Waals surface area contributed by atoms with E-state index in [0.29, 0.717) is 0 Å². The lowest BCUT2D eigenvalue weighted by Gasteiger charge is -2.46. The van der Waals surface area contributed by atoms with Gasteiger partial charge in [0.05, 0.1) is 23.9 Å². The molecule has 0 amide bonds. The molecule has 1 atom stereocenters. The summed E-state index contributed by atoms with van der Waals surface area (Å²) < 4.78 is 7.91. The molecular formula is C17H27N3O2. The Balaban J connectivity index is 1.59. The first-order chi connectivity index (χ1) is 10.6. The van der Waals surface area contributed by atoms with Crippen molar-refractivity contribution in [3.05, 3.63) is 30.1 Å². The zero-order chi connectivity index (χ0) is 15.6. The lowest BCUT2D eigenvalue weighted by molar-refractivity contribution is -0.177. The van der Waals surface area contributed by atoms with E-state index in [1.54, 1.807) is 0 Å². The maximum atomic E-state index is 10.3. The Morgan fingerprint density at radius 2 is 2.27 bits per heavy atom. The number of hydrogen-bond acceptors (Lipinski definition) is 4. The second-order valence-electron chi connectivity index (χ2n) is 6.60. The monoisotopic (exact) mass is 305 g/mol. The van der Waals surface area contributed by atoms with Crippen LogP contribution in [0.3, 0.4) is 0 Å². The van der Waals surface area contributed by atoms with Crippen LogP contribution in [0.15, 0.2) is 18.9 Å². The molecule has 122 valence electrons. The molecule has 1 aromatic rings. The zero-order valence-corrected chi connectivity index (χ0v) is 13.5. The van der Waals surface area contributed by atoms with E-state index >= 15 is 0 Å². The van der Waals surface area contributed by atoms with E-state index in [0.717, 1.165) is 64.2 Å². The van der Waals surface area contributed by atoms with Gasteiger partial charge in [-0.1, -0.05) is 6.08 Å². The molecule has 5 heteroatoms. The Labute approximate surface area is 132 Å². The number of aryl methyl sites for hydroxylation is 1. The fraction of sp³-hybridized carbons (Fsp3) is 0.706.